The first-order valence-corrected chi connectivity index (χ1v) is 6.70. The number of nitrogens with zero attached hydrogens (tertiary/aromatic N) is 1. The van der Waals surface area contributed by atoms with Crippen LogP contribution in [0.1, 0.15) is 39.2 Å². The van der Waals surface area contributed by atoms with Crippen LogP contribution in [-0.2, 0) is 4.79 Å². The molecule has 0 bridgehead atoms. The summed E-state index contributed by atoms with van der Waals surface area (Å²) in [4.78, 5) is 13.9. The number of rotatable bonds is 2. The largest absolute Gasteiger partial charge is 0.478 e. The summed E-state index contributed by atoms with van der Waals surface area (Å²) in [7, 11) is 1.78. The zero-order valence-electron chi connectivity index (χ0n) is 12.2. The molecule has 1 heterocycles. The van der Waals surface area contributed by atoms with Gasteiger partial charge in [0, 0.05) is 18.3 Å². The third-order valence-corrected chi connectivity index (χ3v) is 3.53. The molecule has 0 saturated heterocycles. The number of benzene rings is 1. The Labute approximate surface area is 114 Å². The lowest BCUT2D eigenvalue weighted by atomic mass is 9.97. The number of likely N-dealkylation sites (N-methyl/N-ethyl adjacent to an activating group) is 1. The molecule has 19 heavy (non-hydrogen) atoms. The van der Waals surface area contributed by atoms with Crippen molar-refractivity contribution in [2.45, 2.75) is 39.7 Å². The molecule has 0 radical (unpaired) electrons. The lowest BCUT2D eigenvalue weighted by molar-refractivity contribution is -0.127. The molecule has 2 rings (SSSR count). The number of fused-ring (bicyclic) bond motifs is 1. The van der Waals surface area contributed by atoms with Gasteiger partial charge in [0.2, 0.25) is 0 Å². The van der Waals surface area contributed by atoms with E-state index in [0.717, 1.165) is 17.0 Å². The number of carbonyl (C=O) groups is 1. The third kappa shape index (κ3) is 2.27. The number of ether oxygens (including phenoxy) is 1. The van der Waals surface area contributed by atoms with E-state index in [1.165, 1.54) is 0 Å². The Morgan fingerprint density at radius 2 is 1.89 bits per heavy atom. The highest BCUT2D eigenvalue weighted by molar-refractivity contribution is 6.00. The molecular weight excluding hydrogens is 240 g/mol. The predicted octanol–water partition coefficient (Wildman–Crippen LogP) is 2.77. The van der Waals surface area contributed by atoms with Gasteiger partial charge < -0.3 is 15.4 Å². The number of nitrogen functional groups attached to an aromatic ring is 1. The number of nitrogens with two attached hydrogens (primary N) is 1. The van der Waals surface area contributed by atoms with Crippen molar-refractivity contribution in [3.63, 3.8) is 0 Å². The Morgan fingerprint density at radius 3 is 2.42 bits per heavy atom. The van der Waals surface area contributed by atoms with Crippen LogP contribution in [-0.4, -0.2) is 19.1 Å². The first-order chi connectivity index (χ1) is 8.82. The molecule has 1 aliphatic rings. The summed E-state index contributed by atoms with van der Waals surface area (Å²) in [5, 5.41) is 0. The molecule has 1 unspecified atom stereocenters. The number of anilines is 2. The maximum Gasteiger partial charge on any atom is 0.268 e. The molecule has 1 aliphatic heterocycles. The molecule has 0 fully saturated rings. The molecule has 0 aromatic heterocycles. The molecule has 4 nitrogen and oxygen atoms in total. The summed E-state index contributed by atoms with van der Waals surface area (Å²) < 4.78 is 5.98. The summed E-state index contributed by atoms with van der Waals surface area (Å²) in [6.07, 6.45) is -0.418. The van der Waals surface area contributed by atoms with Crippen LogP contribution >= 0.6 is 0 Å². The van der Waals surface area contributed by atoms with Crippen molar-refractivity contribution in [3.05, 3.63) is 17.7 Å². The molecule has 1 amide bonds. The molecule has 104 valence electrons. The van der Waals surface area contributed by atoms with Gasteiger partial charge in [0.15, 0.2) is 6.10 Å². The topological polar surface area (TPSA) is 55.6 Å². The van der Waals surface area contributed by atoms with Gasteiger partial charge in [-0.1, -0.05) is 27.7 Å². The van der Waals surface area contributed by atoms with Gasteiger partial charge in [-0.25, -0.2) is 0 Å². The van der Waals surface area contributed by atoms with Gasteiger partial charge in [0.1, 0.15) is 5.75 Å². The molecule has 1 aromatic carbocycles. The second-order valence-electron chi connectivity index (χ2n) is 5.79. The predicted molar refractivity (Wildman–Crippen MR) is 77.6 cm³/mol. The van der Waals surface area contributed by atoms with Crippen LogP contribution in [0.3, 0.4) is 0 Å². The van der Waals surface area contributed by atoms with E-state index in [1.807, 2.05) is 19.9 Å². The average Bonchev–Trinajstić information content (AvgIpc) is 2.32. The minimum atomic E-state index is -0.418. The summed E-state index contributed by atoms with van der Waals surface area (Å²) in [6, 6.07) is 3.74. The van der Waals surface area contributed by atoms with Gasteiger partial charge in [-0.05, 0) is 24.0 Å². The van der Waals surface area contributed by atoms with Crippen LogP contribution in [0.25, 0.3) is 0 Å². The fraction of sp³-hybridized carbons (Fsp3) is 0.533. The summed E-state index contributed by atoms with van der Waals surface area (Å²) in [5.41, 5.74) is 8.41. The minimum absolute atomic E-state index is 0.0113. The molecular formula is C15H22N2O2. The first-order valence-electron chi connectivity index (χ1n) is 6.70. The third-order valence-electron chi connectivity index (χ3n) is 3.53. The molecule has 1 atom stereocenters. The van der Waals surface area contributed by atoms with E-state index in [4.69, 9.17) is 10.5 Å². The smallest absolute Gasteiger partial charge is 0.268 e. The lowest BCUT2D eigenvalue weighted by Gasteiger charge is -2.35. The Hall–Kier alpha value is -1.71. The van der Waals surface area contributed by atoms with Crippen molar-refractivity contribution in [1.82, 2.24) is 0 Å². The fourth-order valence-corrected chi connectivity index (χ4v) is 2.37. The summed E-state index contributed by atoms with van der Waals surface area (Å²) in [5.74, 6) is 1.22. The summed E-state index contributed by atoms with van der Waals surface area (Å²) in [6.45, 7) is 8.18. The van der Waals surface area contributed by atoms with Gasteiger partial charge in [-0.15, -0.1) is 0 Å². The van der Waals surface area contributed by atoms with Crippen molar-refractivity contribution in [1.29, 1.82) is 0 Å². The van der Waals surface area contributed by atoms with E-state index in [1.54, 1.807) is 18.0 Å². The van der Waals surface area contributed by atoms with E-state index in [0.29, 0.717) is 11.6 Å². The van der Waals surface area contributed by atoms with Gasteiger partial charge in [-0.3, -0.25) is 4.79 Å². The number of carbonyl (C=O) groups excluding carboxylic acids is 1. The monoisotopic (exact) mass is 262 g/mol. The van der Waals surface area contributed by atoms with Gasteiger partial charge in [0.05, 0.1) is 5.69 Å². The quantitative estimate of drug-likeness (QED) is 0.834. The Bertz CT molecular complexity index is 509. The molecule has 0 saturated carbocycles. The van der Waals surface area contributed by atoms with E-state index < -0.39 is 6.10 Å². The highest BCUT2D eigenvalue weighted by Crippen LogP contribution is 2.42. The van der Waals surface area contributed by atoms with Crippen LogP contribution in [0.5, 0.6) is 5.75 Å². The molecule has 1 aromatic rings. The standard InChI is InChI=1S/C15H22N2O2/c1-8(2)11-6-10(16)7-12-14(11)19-13(9(3)4)15(18)17(12)5/h6-9,13H,16H2,1-5H3. The van der Waals surface area contributed by atoms with Crippen molar-refractivity contribution < 1.29 is 9.53 Å². The van der Waals surface area contributed by atoms with Gasteiger partial charge in [-0.2, -0.15) is 0 Å². The molecule has 2 N–H and O–H groups in total. The SMILES string of the molecule is CC(C)c1cc(N)cc2c1OC(C(C)C)C(=O)N2C. The van der Waals surface area contributed by atoms with E-state index in [-0.39, 0.29) is 11.8 Å². The van der Waals surface area contributed by atoms with Crippen molar-refractivity contribution >= 4 is 17.3 Å². The van der Waals surface area contributed by atoms with Crippen molar-refractivity contribution in [2.75, 3.05) is 17.7 Å². The Kier molecular flexibility index (Phi) is 3.43. The maximum absolute atomic E-state index is 12.3. The normalized spacial score (nSPS) is 18.8. The van der Waals surface area contributed by atoms with E-state index >= 15 is 0 Å². The van der Waals surface area contributed by atoms with Crippen molar-refractivity contribution in [2.24, 2.45) is 5.92 Å². The van der Waals surface area contributed by atoms with Crippen LogP contribution < -0.4 is 15.4 Å². The molecule has 0 spiro atoms. The molecule has 0 aliphatic carbocycles. The van der Waals surface area contributed by atoms with Crippen LogP contribution in [0.2, 0.25) is 0 Å². The maximum atomic E-state index is 12.3. The summed E-state index contributed by atoms with van der Waals surface area (Å²) >= 11 is 0. The lowest BCUT2D eigenvalue weighted by Crippen LogP contribution is -2.46. The second-order valence-corrected chi connectivity index (χ2v) is 5.79. The van der Waals surface area contributed by atoms with Gasteiger partial charge >= 0.3 is 0 Å². The zero-order valence-corrected chi connectivity index (χ0v) is 12.2. The Balaban J connectivity index is 2.58. The number of hydrogen-bond donors (Lipinski definition) is 1. The highest BCUT2D eigenvalue weighted by atomic mass is 16.5. The first kappa shape index (κ1) is 13.7. The number of amides is 1. The van der Waals surface area contributed by atoms with Crippen LogP contribution in [0.4, 0.5) is 11.4 Å². The average molecular weight is 262 g/mol. The van der Waals surface area contributed by atoms with E-state index in [2.05, 4.69) is 13.8 Å². The Morgan fingerprint density at radius 1 is 1.26 bits per heavy atom. The zero-order chi connectivity index (χ0) is 14.3. The van der Waals surface area contributed by atoms with E-state index in [9.17, 15) is 4.79 Å². The number of hydrogen-bond acceptors (Lipinski definition) is 3. The van der Waals surface area contributed by atoms with Gasteiger partial charge in [0.25, 0.3) is 5.91 Å². The van der Waals surface area contributed by atoms with Crippen LogP contribution in [0, 0.1) is 5.92 Å². The van der Waals surface area contributed by atoms with Crippen LogP contribution in [0.15, 0.2) is 12.1 Å². The van der Waals surface area contributed by atoms with Crippen molar-refractivity contribution in [3.8, 4) is 5.75 Å². The minimum Gasteiger partial charge on any atom is -0.478 e. The fourth-order valence-electron chi connectivity index (χ4n) is 2.37. The highest BCUT2D eigenvalue weighted by Gasteiger charge is 2.36. The molecule has 4 heteroatoms. The second kappa shape index (κ2) is 4.76.